The number of hydrogen-bond acceptors (Lipinski definition) is 5. The Morgan fingerprint density at radius 1 is 1.32 bits per heavy atom. The molecule has 4 rings (SSSR count). The summed E-state index contributed by atoms with van der Waals surface area (Å²) in [5, 5.41) is 12.1. The van der Waals surface area contributed by atoms with Crippen LogP contribution in [0.25, 0.3) is 17.1 Å². The lowest BCUT2D eigenvalue weighted by atomic mass is 10.1. The van der Waals surface area contributed by atoms with E-state index in [4.69, 9.17) is 10.00 Å². The third-order valence-corrected chi connectivity index (χ3v) is 5.55. The highest BCUT2D eigenvalue weighted by Crippen LogP contribution is 2.21. The number of rotatable bonds is 5. The zero-order valence-corrected chi connectivity index (χ0v) is 17.5. The quantitative estimate of drug-likeness (QED) is 0.687. The highest BCUT2D eigenvalue weighted by molar-refractivity contribution is 5.94. The summed E-state index contributed by atoms with van der Waals surface area (Å²) in [6.45, 7) is 3.91. The molecule has 8 nitrogen and oxygen atoms in total. The Hall–Kier alpha value is -3.70. The molecule has 1 aliphatic rings. The molecule has 3 aromatic rings. The first kappa shape index (κ1) is 20.6. The minimum atomic E-state index is -0.231. The molecule has 0 aliphatic carbocycles. The molecule has 1 amide bonds. The number of carbonyl (C=O) groups excluding carboxylic acids is 1. The van der Waals surface area contributed by atoms with Crippen molar-refractivity contribution >= 4 is 5.91 Å². The van der Waals surface area contributed by atoms with E-state index < -0.39 is 0 Å². The Bertz CT molecular complexity index is 1200. The van der Waals surface area contributed by atoms with Crippen LogP contribution in [0.1, 0.15) is 27.9 Å². The Morgan fingerprint density at radius 3 is 2.84 bits per heavy atom. The number of pyridine rings is 1. The van der Waals surface area contributed by atoms with Gasteiger partial charge < -0.3 is 9.64 Å². The fourth-order valence-electron chi connectivity index (χ4n) is 3.93. The number of nitriles is 1. The van der Waals surface area contributed by atoms with Gasteiger partial charge in [-0.1, -0.05) is 0 Å². The van der Waals surface area contributed by atoms with Gasteiger partial charge in [0, 0.05) is 38.4 Å². The number of amides is 1. The molecular weight excluding hydrogens is 394 g/mol. The summed E-state index contributed by atoms with van der Waals surface area (Å²) in [6.07, 6.45) is 2.48. The summed E-state index contributed by atoms with van der Waals surface area (Å²) >= 11 is 0. The van der Waals surface area contributed by atoms with E-state index in [9.17, 15) is 9.59 Å². The van der Waals surface area contributed by atoms with Crippen LogP contribution in [0.2, 0.25) is 0 Å². The van der Waals surface area contributed by atoms with Crippen LogP contribution in [0.5, 0.6) is 0 Å². The average molecular weight is 417 g/mol. The maximum Gasteiger partial charge on any atom is 0.271 e. The molecule has 1 atom stereocenters. The number of aromatic amines is 1. The lowest BCUT2D eigenvalue weighted by molar-refractivity contribution is 0.0775. The van der Waals surface area contributed by atoms with Gasteiger partial charge >= 0.3 is 0 Å². The van der Waals surface area contributed by atoms with E-state index in [0.29, 0.717) is 53.8 Å². The molecule has 1 unspecified atom stereocenters. The summed E-state index contributed by atoms with van der Waals surface area (Å²) in [6, 6.07) is 12.2. The topological polar surface area (TPSA) is 104 Å². The average Bonchev–Trinajstić information content (AvgIpc) is 3.40. The van der Waals surface area contributed by atoms with Gasteiger partial charge in [0.15, 0.2) is 0 Å². The van der Waals surface area contributed by atoms with Gasteiger partial charge in [-0.05, 0) is 49.2 Å². The molecular formula is C23H23N5O3. The van der Waals surface area contributed by atoms with Crippen LogP contribution < -0.4 is 5.56 Å². The third-order valence-electron chi connectivity index (χ3n) is 5.55. The van der Waals surface area contributed by atoms with E-state index in [1.54, 1.807) is 43.6 Å². The van der Waals surface area contributed by atoms with Gasteiger partial charge in [-0.15, -0.1) is 0 Å². The zero-order valence-electron chi connectivity index (χ0n) is 17.5. The highest BCUT2D eigenvalue weighted by Gasteiger charge is 2.27. The molecule has 8 heteroatoms. The molecule has 31 heavy (non-hydrogen) atoms. The number of hydrogen-bond donors (Lipinski definition) is 1. The van der Waals surface area contributed by atoms with Crippen molar-refractivity contribution in [2.24, 2.45) is 5.92 Å². The largest absolute Gasteiger partial charge is 0.384 e. The van der Waals surface area contributed by atoms with Crippen molar-refractivity contribution in [3.8, 4) is 23.1 Å². The molecule has 1 saturated heterocycles. The Morgan fingerprint density at radius 2 is 2.16 bits per heavy atom. The molecule has 158 valence electrons. The van der Waals surface area contributed by atoms with Crippen molar-refractivity contribution in [3.05, 3.63) is 69.6 Å². The molecule has 1 fully saturated rings. The SMILES string of the molecule is COCC1CCN(C(=O)c2ccc(-c3cc(=O)n(-c4ccc(C#N)cc4C)[nH]3)nc2)C1. The second kappa shape index (κ2) is 8.58. The van der Waals surface area contributed by atoms with Crippen LogP contribution in [-0.4, -0.2) is 52.4 Å². The molecule has 0 radical (unpaired) electrons. The van der Waals surface area contributed by atoms with Crippen LogP contribution in [0.4, 0.5) is 0 Å². The van der Waals surface area contributed by atoms with Crippen LogP contribution in [0.3, 0.4) is 0 Å². The van der Waals surface area contributed by atoms with Crippen LogP contribution in [-0.2, 0) is 4.74 Å². The number of ether oxygens (including phenoxy) is 1. The Balaban J connectivity index is 1.54. The molecule has 1 aromatic carbocycles. The van der Waals surface area contributed by atoms with Gasteiger partial charge in [0.25, 0.3) is 11.5 Å². The van der Waals surface area contributed by atoms with Gasteiger partial charge in [-0.25, -0.2) is 4.68 Å². The predicted molar refractivity (Wildman–Crippen MR) is 115 cm³/mol. The normalized spacial score (nSPS) is 15.8. The van der Waals surface area contributed by atoms with E-state index >= 15 is 0 Å². The number of nitrogens with one attached hydrogen (secondary N) is 1. The second-order valence-corrected chi connectivity index (χ2v) is 7.75. The molecule has 3 heterocycles. The van der Waals surface area contributed by atoms with Crippen LogP contribution in [0.15, 0.2) is 47.4 Å². The van der Waals surface area contributed by atoms with E-state index in [1.807, 2.05) is 11.8 Å². The van der Waals surface area contributed by atoms with E-state index in [1.165, 1.54) is 10.7 Å². The van der Waals surface area contributed by atoms with Gasteiger partial charge in [0.05, 0.1) is 40.9 Å². The number of carbonyl (C=O) groups is 1. The summed E-state index contributed by atoms with van der Waals surface area (Å²) < 4.78 is 6.61. The number of aryl methyl sites for hydroxylation is 1. The van der Waals surface area contributed by atoms with Gasteiger partial charge in [-0.2, -0.15) is 5.26 Å². The zero-order chi connectivity index (χ0) is 22.0. The van der Waals surface area contributed by atoms with E-state index in [0.717, 1.165) is 12.0 Å². The minimum Gasteiger partial charge on any atom is -0.384 e. The maximum atomic E-state index is 12.7. The first-order valence-electron chi connectivity index (χ1n) is 10.1. The lowest BCUT2D eigenvalue weighted by Gasteiger charge is -2.16. The number of H-pyrrole nitrogens is 1. The molecule has 1 aliphatic heterocycles. The fourth-order valence-corrected chi connectivity index (χ4v) is 3.93. The predicted octanol–water partition coefficient (Wildman–Crippen LogP) is 2.52. The number of methoxy groups -OCH3 is 1. The van der Waals surface area contributed by atoms with Crippen molar-refractivity contribution < 1.29 is 9.53 Å². The smallest absolute Gasteiger partial charge is 0.271 e. The number of likely N-dealkylation sites (tertiary alicyclic amines) is 1. The molecule has 0 saturated carbocycles. The van der Waals surface area contributed by atoms with Gasteiger partial charge in [0.1, 0.15) is 0 Å². The minimum absolute atomic E-state index is 0.0445. The lowest BCUT2D eigenvalue weighted by Crippen LogP contribution is -2.29. The standard InChI is InChI=1S/C23H23N5O3/c1-15-9-16(11-24)3-6-21(15)28-22(29)10-20(26-28)19-5-4-18(12-25-19)23(30)27-8-7-17(13-27)14-31-2/h3-6,9-10,12,17,26H,7-8,13-14H2,1-2H3. The molecule has 0 bridgehead atoms. The summed E-state index contributed by atoms with van der Waals surface area (Å²) in [7, 11) is 1.67. The summed E-state index contributed by atoms with van der Waals surface area (Å²) in [5.74, 6) is 0.327. The van der Waals surface area contributed by atoms with Gasteiger partial charge in [0.2, 0.25) is 0 Å². The fraction of sp³-hybridized carbons (Fsp3) is 0.304. The summed E-state index contributed by atoms with van der Waals surface area (Å²) in [4.78, 5) is 31.5. The van der Waals surface area contributed by atoms with E-state index in [-0.39, 0.29) is 11.5 Å². The van der Waals surface area contributed by atoms with Crippen molar-refractivity contribution in [1.82, 2.24) is 19.7 Å². The van der Waals surface area contributed by atoms with Crippen molar-refractivity contribution in [2.45, 2.75) is 13.3 Å². The van der Waals surface area contributed by atoms with Crippen LogP contribution in [0, 0.1) is 24.2 Å². The monoisotopic (exact) mass is 417 g/mol. The second-order valence-electron chi connectivity index (χ2n) is 7.75. The first-order chi connectivity index (χ1) is 15.0. The van der Waals surface area contributed by atoms with E-state index in [2.05, 4.69) is 16.2 Å². The summed E-state index contributed by atoms with van der Waals surface area (Å²) in [5.41, 5.74) is 3.42. The van der Waals surface area contributed by atoms with Crippen molar-refractivity contribution in [1.29, 1.82) is 5.26 Å². The Labute approximate surface area is 179 Å². The van der Waals surface area contributed by atoms with Crippen molar-refractivity contribution in [3.63, 3.8) is 0 Å². The first-order valence-corrected chi connectivity index (χ1v) is 10.1. The molecule has 1 N–H and O–H groups in total. The highest BCUT2D eigenvalue weighted by atomic mass is 16.5. The number of aromatic nitrogens is 3. The number of benzene rings is 1. The van der Waals surface area contributed by atoms with Crippen LogP contribution >= 0.6 is 0 Å². The maximum absolute atomic E-state index is 12.7. The molecule has 0 spiro atoms. The van der Waals surface area contributed by atoms with Gasteiger partial charge in [-0.3, -0.25) is 19.7 Å². The Kier molecular flexibility index (Phi) is 5.69. The third kappa shape index (κ3) is 4.13. The molecule has 2 aromatic heterocycles. The number of nitrogens with zero attached hydrogens (tertiary/aromatic N) is 4. The van der Waals surface area contributed by atoms with Crippen molar-refractivity contribution in [2.75, 3.05) is 26.8 Å².